The van der Waals surface area contributed by atoms with Crippen molar-refractivity contribution in [1.82, 2.24) is 0 Å². The molecule has 0 saturated carbocycles. The van der Waals surface area contributed by atoms with Crippen molar-refractivity contribution < 1.29 is 4.74 Å². The molecule has 112 valence electrons. The van der Waals surface area contributed by atoms with Crippen LogP contribution in [0.4, 0.5) is 5.69 Å². The zero-order valence-corrected chi connectivity index (χ0v) is 12.8. The van der Waals surface area contributed by atoms with Crippen LogP contribution in [0.1, 0.15) is 29.9 Å². The summed E-state index contributed by atoms with van der Waals surface area (Å²) in [5, 5.41) is 9.07. The Morgan fingerprint density at radius 1 is 1.09 bits per heavy atom. The molecule has 2 aromatic carbocycles. The van der Waals surface area contributed by atoms with Crippen LogP contribution in [-0.2, 0) is 0 Å². The zero-order valence-electron chi connectivity index (χ0n) is 12.8. The fourth-order valence-electron chi connectivity index (χ4n) is 3.17. The Balaban J connectivity index is 1.70. The van der Waals surface area contributed by atoms with Crippen LogP contribution >= 0.6 is 0 Å². The van der Waals surface area contributed by atoms with E-state index in [1.807, 2.05) is 18.2 Å². The average molecular weight is 292 g/mol. The molecule has 0 radical (unpaired) electrons. The third-order valence-corrected chi connectivity index (χ3v) is 4.44. The van der Waals surface area contributed by atoms with Crippen molar-refractivity contribution in [3.8, 4) is 11.8 Å². The number of anilines is 1. The molecule has 0 aromatic heterocycles. The van der Waals surface area contributed by atoms with Crippen molar-refractivity contribution in [2.24, 2.45) is 0 Å². The van der Waals surface area contributed by atoms with Crippen LogP contribution in [0.25, 0.3) is 0 Å². The Bertz CT molecular complexity index is 668. The van der Waals surface area contributed by atoms with Gasteiger partial charge in [-0.2, -0.15) is 5.26 Å². The van der Waals surface area contributed by atoms with E-state index < -0.39 is 0 Å². The Morgan fingerprint density at radius 2 is 1.82 bits per heavy atom. The van der Waals surface area contributed by atoms with E-state index in [2.05, 4.69) is 41.3 Å². The minimum atomic E-state index is 0.588. The highest BCUT2D eigenvalue weighted by Gasteiger charge is 2.21. The standard InChI is InChI=1S/C19H20N2O/c1-22-19-13-18(8-7-17(19)14-20)21-11-9-16(10-12-21)15-5-3-2-4-6-15/h2-8,13,16H,9-12H2,1H3. The van der Waals surface area contributed by atoms with Gasteiger partial charge in [-0.1, -0.05) is 30.3 Å². The van der Waals surface area contributed by atoms with Gasteiger partial charge in [-0.05, 0) is 36.5 Å². The molecule has 0 atom stereocenters. The van der Waals surface area contributed by atoms with E-state index in [1.54, 1.807) is 7.11 Å². The van der Waals surface area contributed by atoms with Gasteiger partial charge in [0.25, 0.3) is 0 Å². The molecule has 0 amide bonds. The minimum Gasteiger partial charge on any atom is -0.495 e. The summed E-state index contributed by atoms with van der Waals surface area (Å²) in [7, 11) is 1.61. The maximum atomic E-state index is 9.07. The second-order valence-corrected chi connectivity index (χ2v) is 5.67. The number of piperidine rings is 1. The van der Waals surface area contributed by atoms with E-state index in [1.165, 1.54) is 5.56 Å². The smallest absolute Gasteiger partial charge is 0.138 e. The number of nitrogens with zero attached hydrogens (tertiary/aromatic N) is 2. The summed E-state index contributed by atoms with van der Waals surface area (Å²) in [6, 6.07) is 18.8. The van der Waals surface area contributed by atoms with E-state index in [4.69, 9.17) is 10.00 Å². The van der Waals surface area contributed by atoms with Gasteiger partial charge in [0.2, 0.25) is 0 Å². The van der Waals surface area contributed by atoms with Crippen molar-refractivity contribution in [1.29, 1.82) is 5.26 Å². The van der Waals surface area contributed by atoms with Gasteiger partial charge in [-0.15, -0.1) is 0 Å². The summed E-state index contributed by atoms with van der Waals surface area (Å²) in [4.78, 5) is 2.38. The summed E-state index contributed by atoms with van der Waals surface area (Å²) in [5.74, 6) is 1.31. The van der Waals surface area contributed by atoms with Crippen LogP contribution in [0.15, 0.2) is 48.5 Å². The lowest BCUT2D eigenvalue weighted by Gasteiger charge is -2.34. The van der Waals surface area contributed by atoms with Crippen molar-refractivity contribution in [2.75, 3.05) is 25.1 Å². The number of hydrogen-bond acceptors (Lipinski definition) is 3. The molecular formula is C19H20N2O. The number of methoxy groups -OCH3 is 1. The van der Waals surface area contributed by atoms with E-state index in [0.717, 1.165) is 31.6 Å². The third-order valence-electron chi connectivity index (χ3n) is 4.44. The second-order valence-electron chi connectivity index (χ2n) is 5.67. The first-order chi connectivity index (χ1) is 10.8. The molecular weight excluding hydrogens is 272 g/mol. The third kappa shape index (κ3) is 2.92. The predicted molar refractivity (Wildman–Crippen MR) is 88.3 cm³/mol. The van der Waals surface area contributed by atoms with Crippen LogP contribution in [0, 0.1) is 11.3 Å². The Labute approximate surface area is 131 Å². The normalized spacial score (nSPS) is 15.4. The van der Waals surface area contributed by atoms with E-state index >= 15 is 0 Å². The lowest BCUT2D eigenvalue weighted by Crippen LogP contribution is -2.32. The largest absolute Gasteiger partial charge is 0.495 e. The molecule has 0 bridgehead atoms. The second kappa shape index (κ2) is 6.53. The first-order valence-electron chi connectivity index (χ1n) is 7.70. The molecule has 0 spiro atoms. The van der Waals surface area contributed by atoms with Gasteiger partial charge in [-0.25, -0.2) is 0 Å². The lowest BCUT2D eigenvalue weighted by atomic mass is 9.89. The SMILES string of the molecule is COc1cc(N2CCC(c3ccccc3)CC2)ccc1C#N. The summed E-state index contributed by atoms with van der Waals surface area (Å²) in [6.07, 6.45) is 2.32. The highest BCUT2D eigenvalue weighted by molar-refractivity contribution is 5.57. The highest BCUT2D eigenvalue weighted by atomic mass is 16.5. The lowest BCUT2D eigenvalue weighted by molar-refractivity contribution is 0.413. The topological polar surface area (TPSA) is 36.3 Å². The fourth-order valence-corrected chi connectivity index (χ4v) is 3.17. The molecule has 0 aliphatic carbocycles. The zero-order chi connectivity index (χ0) is 15.4. The van der Waals surface area contributed by atoms with Crippen LogP contribution < -0.4 is 9.64 Å². The van der Waals surface area contributed by atoms with Crippen molar-refractivity contribution in [3.63, 3.8) is 0 Å². The van der Waals surface area contributed by atoms with Gasteiger partial charge >= 0.3 is 0 Å². The predicted octanol–water partition coefficient (Wildman–Crippen LogP) is 3.95. The molecule has 1 saturated heterocycles. The van der Waals surface area contributed by atoms with Gasteiger partial charge < -0.3 is 9.64 Å². The molecule has 1 aliphatic heterocycles. The van der Waals surface area contributed by atoms with Crippen LogP contribution in [0.5, 0.6) is 5.75 Å². The molecule has 3 rings (SSSR count). The van der Waals surface area contributed by atoms with Crippen molar-refractivity contribution in [3.05, 3.63) is 59.7 Å². The monoisotopic (exact) mass is 292 g/mol. The number of rotatable bonds is 3. The summed E-state index contributed by atoms with van der Waals surface area (Å²) in [6.45, 7) is 2.07. The number of ether oxygens (including phenoxy) is 1. The molecule has 1 aliphatic rings. The number of nitriles is 1. The Kier molecular flexibility index (Phi) is 4.29. The minimum absolute atomic E-state index is 0.588. The Morgan fingerprint density at radius 3 is 2.45 bits per heavy atom. The maximum absolute atomic E-state index is 9.07. The summed E-state index contributed by atoms with van der Waals surface area (Å²) < 4.78 is 5.31. The highest BCUT2D eigenvalue weighted by Crippen LogP contribution is 2.32. The molecule has 0 unspecified atom stereocenters. The van der Waals surface area contributed by atoms with Crippen LogP contribution in [0.3, 0.4) is 0 Å². The van der Waals surface area contributed by atoms with Gasteiger partial charge in [0, 0.05) is 24.8 Å². The van der Waals surface area contributed by atoms with Gasteiger partial charge in [-0.3, -0.25) is 0 Å². The molecule has 1 fully saturated rings. The summed E-state index contributed by atoms with van der Waals surface area (Å²) >= 11 is 0. The van der Waals surface area contributed by atoms with Gasteiger partial charge in [0.15, 0.2) is 0 Å². The molecule has 0 N–H and O–H groups in total. The fraction of sp³-hybridized carbons (Fsp3) is 0.316. The molecule has 22 heavy (non-hydrogen) atoms. The average Bonchev–Trinajstić information content (AvgIpc) is 2.62. The maximum Gasteiger partial charge on any atom is 0.138 e. The molecule has 3 heteroatoms. The van der Waals surface area contributed by atoms with E-state index in [9.17, 15) is 0 Å². The first kappa shape index (κ1) is 14.5. The van der Waals surface area contributed by atoms with Crippen molar-refractivity contribution in [2.45, 2.75) is 18.8 Å². The van der Waals surface area contributed by atoms with Gasteiger partial charge in [0.1, 0.15) is 11.8 Å². The van der Waals surface area contributed by atoms with E-state index in [0.29, 0.717) is 17.2 Å². The van der Waals surface area contributed by atoms with Crippen LogP contribution in [-0.4, -0.2) is 20.2 Å². The molecule has 2 aromatic rings. The first-order valence-corrected chi connectivity index (χ1v) is 7.70. The Hall–Kier alpha value is -2.47. The van der Waals surface area contributed by atoms with Crippen molar-refractivity contribution >= 4 is 5.69 Å². The number of hydrogen-bond donors (Lipinski definition) is 0. The van der Waals surface area contributed by atoms with Crippen LogP contribution in [0.2, 0.25) is 0 Å². The summed E-state index contributed by atoms with van der Waals surface area (Å²) in [5.41, 5.74) is 3.17. The quantitative estimate of drug-likeness (QED) is 0.859. The van der Waals surface area contributed by atoms with E-state index in [-0.39, 0.29) is 0 Å². The number of benzene rings is 2. The molecule has 1 heterocycles. The van der Waals surface area contributed by atoms with Gasteiger partial charge in [0.05, 0.1) is 12.7 Å². The molecule has 3 nitrogen and oxygen atoms in total.